The largest absolute Gasteiger partial charge is 0.497 e. The number of carboxylic acids is 1. The quantitative estimate of drug-likeness (QED) is 0.838. The van der Waals surface area contributed by atoms with Crippen LogP contribution in [0.15, 0.2) is 24.3 Å². The van der Waals surface area contributed by atoms with Gasteiger partial charge in [0.05, 0.1) is 7.11 Å². The Hall–Kier alpha value is -1.55. The van der Waals surface area contributed by atoms with Gasteiger partial charge in [-0.15, -0.1) is 0 Å². The minimum absolute atomic E-state index is 0.322. The fraction of sp³-hybridized carbons (Fsp3) is 0.500. The summed E-state index contributed by atoms with van der Waals surface area (Å²) >= 11 is 0. The number of carbonyl (C=O) groups is 1. The lowest BCUT2D eigenvalue weighted by atomic mass is 9.75. The summed E-state index contributed by atoms with van der Waals surface area (Å²) in [5.74, 6) is 0.615. The van der Waals surface area contributed by atoms with Crippen LogP contribution in [0, 0.1) is 0 Å². The predicted molar refractivity (Wildman–Crippen MR) is 69.0 cm³/mol. The maximum atomic E-state index is 10.7. The van der Waals surface area contributed by atoms with Crippen molar-refractivity contribution in [1.82, 2.24) is 5.32 Å². The van der Waals surface area contributed by atoms with E-state index < -0.39 is 12.0 Å². The molecule has 0 heterocycles. The van der Waals surface area contributed by atoms with Crippen LogP contribution in [0.25, 0.3) is 0 Å². The first-order chi connectivity index (χ1) is 8.60. The van der Waals surface area contributed by atoms with Crippen LogP contribution in [-0.4, -0.2) is 30.3 Å². The summed E-state index contributed by atoms with van der Waals surface area (Å²) in [7, 11) is 1.66. The summed E-state index contributed by atoms with van der Waals surface area (Å²) in [6, 6.07) is 7.96. The molecule has 1 unspecified atom stereocenters. The van der Waals surface area contributed by atoms with E-state index in [1.807, 2.05) is 12.1 Å². The molecule has 1 aromatic rings. The summed E-state index contributed by atoms with van der Waals surface area (Å²) in [4.78, 5) is 10.7. The van der Waals surface area contributed by atoms with Crippen molar-refractivity contribution in [2.24, 2.45) is 0 Å². The molecule has 4 nitrogen and oxygen atoms in total. The van der Waals surface area contributed by atoms with Crippen molar-refractivity contribution in [2.45, 2.75) is 37.8 Å². The average Bonchev–Trinajstić information content (AvgIpc) is 2.33. The minimum atomic E-state index is -0.789. The Morgan fingerprint density at radius 1 is 1.39 bits per heavy atom. The van der Waals surface area contributed by atoms with Gasteiger partial charge >= 0.3 is 5.97 Å². The van der Waals surface area contributed by atoms with E-state index in [1.165, 1.54) is 5.56 Å². The Kier molecular flexibility index (Phi) is 3.87. The first-order valence-corrected chi connectivity index (χ1v) is 6.23. The maximum Gasteiger partial charge on any atom is 0.320 e. The summed E-state index contributed by atoms with van der Waals surface area (Å²) in [5, 5.41) is 11.9. The Morgan fingerprint density at radius 3 is 2.50 bits per heavy atom. The molecule has 98 valence electrons. The molecule has 1 fully saturated rings. The highest BCUT2D eigenvalue weighted by molar-refractivity contribution is 5.72. The fourth-order valence-corrected chi connectivity index (χ4v) is 2.33. The number of ether oxygens (including phenoxy) is 1. The summed E-state index contributed by atoms with van der Waals surface area (Å²) < 4.78 is 5.12. The summed E-state index contributed by atoms with van der Waals surface area (Å²) in [6.07, 6.45) is 2.01. The van der Waals surface area contributed by atoms with E-state index in [1.54, 1.807) is 14.0 Å². The molecule has 0 aromatic heterocycles. The van der Waals surface area contributed by atoms with Gasteiger partial charge in [0, 0.05) is 6.04 Å². The number of benzene rings is 1. The van der Waals surface area contributed by atoms with Gasteiger partial charge in [0.2, 0.25) is 0 Å². The summed E-state index contributed by atoms with van der Waals surface area (Å²) in [5.41, 5.74) is 1.30. The SMILES string of the molecule is COc1ccc(C2CC(NC(C)C(=O)O)C2)cc1. The van der Waals surface area contributed by atoms with Gasteiger partial charge in [-0.05, 0) is 43.4 Å². The molecule has 1 atom stereocenters. The molecule has 1 aliphatic rings. The molecule has 1 aliphatic carbocycles. The normalized spacial score (nSPS) is 24.1. The van der Waals surface area contributed by atoms with Crippen molar-refractivity contribution in [3.8, 4) is 5.75 Å². The van der Waals surface area contributed by atoms with Gasteiger partial charge in [-0.1, -0.05) is 12.1 Å². The monoisotopic (exact) mass is 249 g/mol. The number of rotatable bonds is 5. The van der Waals surface area contributed by atoms with E-state index in [2.05, 4.69) is 17.4 Å². The van der Waals surface area contributed by atoms with E-state index in [9.17, 15) is 4.79 Å². The Bertz CT molecular complexity index is 410. The number of carboxylic acid groups (broad SMARTS) is 1. The number of nitrogens with one attached hydrogen (secondary N) is 1. The van der Waals surface area contributed by atoms with Crippen LogP contribution in [0.5, 0.6) is 5.75 Å². The van der Waals surface area contributed by atoms with Crippen LogP contribution < -0.4 is 10.1 Å². The lowest BCUT2D eigenvalue weighted by Gasteiger charge is -2.37. The lowest BCUT2D eigenvalue weighted by Crippen LogP contribution is -2.47. The third kappa shape index (κ3) is 2.82. The zero-order valence-electron chi connectivity index (χ0n) is 10.7. The topological polar surface area (TPSA) is 58.6 Å². The molecule has 0 radical (unpaired) electrons. The first kappa shape index (κ1) is 12.9. The van der Waals surface area contributed by atoms with Crippen LogP contribution in [0.3, 0.4) is 0 Å². The second kappa shape index (κ2) is 5.40. The highest BCUT2D eigenvalue weighted by Gasteiger charge is 2.31. The Morgan fingerprint density at radius 2 is 2.00 bits per heavy atom. The number of hydrogen-bond donors (Lipinski definition) is 2. The van der Waals surface area contributed by atoms with E-state index >= 15 is 0 Å². The van der Waals surface area contributed by atoms with Crippen molar-refractivity contribution in [3.63, 3.8) is 0 Å². The van der Waals surface area contributed by atoms with Crippen LogP contribution in [0.4, 0.5) is 0 Å². The van der Waals surface area contributed by atoms with Gasteiger partial charge in [0.25, 0.3) is 0 Å². The van der Waals surface area contributed by atoms with Crippen LogP contribution >= 0.6 is 0 Å². The molecule has 4 heteroatoms. The molecular formula is C14H19NO3. The van der Waals surface area contributed by atoms with E-state index in [4.69, 9.17) is 9.84 Å². The van der Waals surface area contributed by atoms with Gasteiger partial charge in [0.1, 0.15) is 11.8 Å². The fourth-order valence-electron chi connectivity index (χ4n) is 2.33. The van der Waals surface area contributed by atoms with Crippen molar-refractivity contribution < 1.29 is 14.6 Å². The minimum Gasteiger partial charge on any atom is -0.497 e. The van der Waals surface area contributed by atoms with E-state index in [0.717, 1.165) is 18.6 Å². The van der Waals surface area contributed by atoms with Crippen molar-refractivity contribution in [3.05, 3.63) is 29.8 Å². The third-order valence-electron chi connectivity index (χ3n) is 3.58. The zero-order valence-corrected chi connectivity index (χ0v) is 10.7. The molecule has 1 aromatic carbocycles. The molecule has 0 amide bonds. The molecule has 0 saturated heterocycles. The predicted octanol–water partition coefficient (Wildman–Crippen LogP) is 2.00. The molecule has 0 aliphatic heterocycles. The maximum absolute atomic E-state index is 10.7. The van der Waals surface area contributed by atoms with Gasteiger partial charge < -0.3 is 15.2 Å². The number of hydrogen-bond acceptors (Lipinski definition) is 3. The van der Waals surface area contributed by atoms with Crippen molar-refractivity contribution in [1.29, 1.82) is 0 Å². The average molecular weight is 249 g/mol. The van der Waals surface area contributed by atoms with Crippen molar-refractivity contribution in [2.75, 3.05) is 7.11 Å². The van der Waals surface area contributed by atoms with Crippen LogP contribution in [-0.2, 0) is 4.79 Å². The number of aliphatic carboxylic acids is 1. The molecule has 1 saturated carbocycles. The summed E-state index contributed by atoms with van der Waals surface area (Å²) in [6.45, 7) is 1.68. The Labute approximate surface area is 107 Å². The third-order valence-corrected chi connectivity index (χ3v) is 3.58. The van der Waals surface area contributed by atoms with E-state index in [-0.39, 0.29) is 0 Å². The first-order valence-electron chi connectivity index (χ1n) is 6.23. The van der Waals surface area contributed by atoms with Gasteiger partial charge in [-0.2, -0.15) is 0 Å². The van der Waals surface area contributed by atoms with Gasteiger partial charge in [-0.25, -0.2) is 0 Å². The number of methoxy groups -OCH3 is 1. The highest BCUT2D eigenvalue weighted by Crippen LogP contribution is 2.37. The molecule has 0 bridgehead atoms. The van der Waals surface area contributed by atoms with Gasteiger partial charge in [0.15, 0.2) is 0 Å². The molecule has 2 N–H and O–H groups in total. The zero-order chi connectivity index (χ0) is 13.1. The highest BCUT2D eigenvalue weighted by atomic mass is 16.5. The van der Waals surface area contributed by atoms with Crippen LogP contribution in [0.1, 0.15) is 31.2 Å². The standard InChI is InChI=1S/C14H19NO3/c1-9(14(16)17)15-12-7-11(8-12)10-3-5-13(18-2)6-4-10/h3-6,9,11-12,15H,7-8H2,1-2H3,(H,16,17). The lowest BCUT2D eigenvalue weighted by molar-refractivity contribution is -0.139. The van der Waals surface area contributed by atoms with Crippen molar-refractivity contribution >= 4 is 5.97 Å². The molecule has 18 heavy (non-hydrogen) atoms. The molecule has 2 rings (SSSR count). The Balaban J connectivity index is 1.83. The second-order valence-corrected chi connectivity index (χ2v) is 4.87. The van der Waals surface area contributed by atoms with Gasteiger partial charge in [-0.3, -0.25) is 4.79 Å². The van der Waals surface area contributed by atoms with E-state index in [0.29, 0.717) is 12.0 Å². The molecule has 0 spiro atoms. The second-order valence-electron chi connectivity index (χ2n) is 4.87. The molecular weight excluding hydrogens is 230 g/mol. The smallest absolute Gasteiger partial charge is 0.320 e. The van der Waals surface area contributed by atoms with Crippen LogP contribution in [0.2, 0.25) is 0 Å².